The predicted octanol–water partition coefficient (Wildman–Crippen LogP) is 2.33. The zero-order chi connectivity index (χ0) is 14.2. The van der Waals surface area contributed by atoms with Crippen LogP contribution in [0, 0.1) is 0 Å². The van der Waals surface area contributed by atoms with Gasteiger partial charge >= 0.3 is 0 Å². The lowest BCUT2D eigenvalue weighted by Crippen LogP contribution is -2.47. The summed E-state index contributed by atoms with van der Waals surface area (Å²) in [6, 6.07) is -0.0805. The van der Waals surface area contributed by atoms with Crippen molar-refractivity contribution in [1.82, 2.24) is 10.2 Å². The number of rotatable bonds is 6. The number of amides is 1. The van der Waals surface area contributed by atoms with Crippen LogP contribution >= 0.6 is 0 Å². The number of nitrogens with one attached hydrogen (secondary N) is 1. The Morgan fingerprint density at radius 1 is 1.15 bits per heavy atom. The second-order valence-electron chi connectivity index (χ2n) is 6.19. The van der Waals surface area contributed by atoms with Crippen molar-refractivity contribution in [2.45, 2.75) is 70.4 Å². The van der Waals surface area contributed by atoms with Gasteiger partial charge in [-0.2, -0.15) is 0 Å². The van der Waals surface area contributed by atoms with E-state index >= 15 is 0 Å². The van der Waals surface area contributed by atoms with Crippen molar-refractivity contribution in [1.29, 1.82) is 0 Å². The van der Waals surface area contributed by atoms with E-state index in [1.807, 2.05) is 11.8 Å². The normalized spacial score (nSPS) is 22.8. The smallest absolute Gasteiger partial charge is 0.239 e. The van der Waals surface area contributed by atoms with E-state index in [2.05, 4.69) is 5.32 Å². The van der Waals surface area contributed by atoms with Gasteiger partial charge in [-0.25, -0.2) is 0 Å². The van der Waals surface area contributed by atoms with E-state index in [1.54, 1.807) is 0 Å². The van der Waals surface area contributed by atoms with Crippen LogP contribution in [0.15, 0.2) is 0 Å². The van der Waals surface area contributed by atoms with Crippen LogP contribution in [-0.2, 0) is 9.53 Å². The molecule has 1 heterocycles. The van der Waals surface area contributed by atoms with Gasteiger partial charge in [0.05, 0.1) is 18.8 Å². The molecule has 1 unspecified atom stereocenters. The molecule has 4 nitrogen and oxygen atoms in total. The first-order valence-electron chi connectivity index (χ1n) is 8.41. The Bertz CT molecular complexity index is 284. The molecular formula is C16H30N2O2. The van der Waals surface area contributed by atoms with Crippen molar-refractivity contribution in [3.63, 3.8) is 0 Å². The lowest BCUT2D eigenvalue weighted by atomic mass is 9.98. The molecule has 1 aliphatic carbocycles. The summed E-state index contributed by atoms with van der Waals surface area (Å²) in [5.41, 5.74) is 0. The number of carbonyl (C=O) groups is 1. The van der Waals surface area contributed by atoms with Gasteiger partial charge in [0.15, 0.2) is 0 Å². The monoisotopic (exact) mass is 282 g/mol. The Kier molecular flexibility index (Phi) is 6.80. The minimum Gasteiger partial charge on any atom is -0.377 e. The molecule has 2 rings (SSSR count). The van der Waals surface area contributed by atoms with Gasteiger partial charge in [0.2, 0.25) is 5.91 Å². The highest BCUT2D eigenvalue weighted by Crippen LogP contribution is 2.19. The third-order valence-electron chi connectivity index (χ3n) is 4.50. The fraction of sp³-hybridized carbons (Fsp3) is 0.938. The van der Waals surface area contributed by atoms with E-state index in [1.165, 1.54) is 38.5 Å². The lowest BCUT2D eigenvalue weighted by molar-refractivity contribution is -0.134. The molecule has 116 valence electrons. The molecule has 1 atom stereocenters. The Hall–Kier alpha value is -0.610. The Balaban J connectivity index is 1.56. The summed E-state index contributed by atoms with van der Waals surface area (Å²) in [7, 11) is 0. The number of nitrogens with zero attached hydrogens (tertiary/aromatic N) is 1. The molecule has 4 heteroatoms. The summed E-state index contributed by atoms with van der Waals surface area (Å²) in [5, 5.41) is 3.30. The second-order valence-corrected chi connectivity index (χ2v) is 6.19. The van der Waals surface area contributed by atoms with E-state index in [9.17, 15) is 4.79 Å². The topological polar surface area (TPSA) is 41.6 Å². The maximum absolute atomic E-state index is 12.2. The van der Waals surface area contributed by atoms with Crippen LogP contribution in [-0.4, -0.2) is 49.2 Å². The molecule has 1 aliphatic heterocycles. The molecule has 1 N–H and O–H groups in total. The lowest BCUT2D eigenvalue weighted by Gasteiger charge is -2.29. The molecule has 0 aromatic carbocycles. The van der Waals surface area contributed by atoms with Crippen molar-refractivity contribution in [3.8, 4) is 0 Å². The quantitative estimate of drug-likeness (QED) is 0.760. The number of likely N-dealkylation sites (tertiary alicyclic amines) is 1. The molecular weight excluding hydrogens is 252 g/mol. The Labute approximate surface area is 123 Å². The first-order chi connectivity index (χ1) is 9.77. The summed E-state index contributed by atoms with van der Waals surface area (Å²) in [6.45, 7) is 5.34. The van der Waals surface area contributed by atoms with Crippen LogP contribution in [0.4, 0.5) is 0 Å². The van der Waals surface area contributed by atoms with Gasteiger partial charge in [0.1, 0.15) is 0 Å². The van der Waals surface area contributed by atoms with E-state index in [4.69, 9.17) is 4.74 Å². The molecule has 2 fully saturated rings. The minimum absolute atomic E-state index is 0.0805. The summed E-state index contributed by atoms with van der Waals surface area (Å²) < 4.78 is 5.87. The van der Waals surface area contributed by atoms with Gasteiger partial charge in [0, 0.05) is 19.6 Å². The fourth-order valence-electron chi connectivity index (χ4n) is 3.21. The van der Waals surface area contributed by atoms with Gasteiger partial charge in [-0.3, -0.25) is 4.79 Å². The Morgan fingerprint density at radius 3 is 2.50 bits per heavy atom. The van der Waals surface area contributed by atoms with Crippen LogP contribution in [0.25, 0.3) is 0 Å². The minimum atomic E-state index is -0.0805. The van der Waals surface area contributed by atoms with Crippen LogP contribution in [0.5, 0.6) is 0 Å². The van der Waals surface area contributed by atoms with Crippen molar-refractivity contribution in [2.24, 2.45) is 0 Å². The maximum Gasteiger partial charge on any atom is 0.239 e. The highest BCUT2D eigenvalue weighted by molar-refractivity contribution is 5.81. The molecule has 0 aromatic rings. The van der Waals surface area contributed by atoms with Gasteiger partial charge < -0.3 is 15.0 Å². The predicted molar refractivity (Wildman–Crippen MR) is 80.7 cm³/mol. The number of carbonyl (C=O) groups excluding carboxylic acids is 1. The largest absolute Gasteiger partial charge is 0.377 e. The molecule has 20 heavy (non-hydrogen) atoms. The summed E-state index contributed by atoms with van der Waals surface area (Å²) in [5.74, 6) is 0.252. The summed E-state index contributed by atoms with van der Waals surface area (Å²) >= 11 is 0. The number of piperidine rings is 1. The van der Waals surface area contributed by atoms with Crippen molar-refractivity contribution < 1.29 is 9.53 Å². The molecule has 1 saturated carbocycles. The third kappa shape index (κ3) is 5.06. The third-order valence-corrected chi connectivity index (χ3v) is 4.50. The number of ether oxygens (including phenoxy) is 1. The zero-order valence-corrected chi connectivity index (χ0v) is 12.9. The van der Waals surface area contributed by atoms with Crippen LogP contribution in [0.2, 0.25) is 0 Å². The van der Waals surface area contributed by atoms with Crippen LogP contribution < -0.4 is 5.32 Å². The van der Waals surface area contributed by atoms with E-state index in [0.717, 1.165) is 39.1 Å². The standard InChI is InChI=1S/C16H30N2O2/c1-14(16(19)18-11-6-3-7-12-18)17-10-13-20-15-8-4-2-5-9-15/h14-15,17H,2-13H2,1H3. The van der Waals surface area contributed by atoms with Gasteiger partial charge in [-0.1, -0.05) is 19.3 Å². The highest BCUT2D eigenvalue weighted by atomic mass is 16.5. The first-order valence-corrected chi connectivity index (χ1v) is 8.41. The van der Waals surface area contributed by atoms with Crippen LogP contribution in [0.1, 0.15) is 58.3 Å². The number of hydrogen-bond acceptors (Lipinski definition) is 3. The molecule has 0 spiro atoms. The fourth-order valence-corrected chi connectivity index (χ4v) is 3.21. The summed E-state index contributed by atoms with van der Waals surface area (Å²) in [4.78, 5) is 14.2. The molecule has 0 bridgehead atoms. The van der Waals surface area contributed by atoms with E-state index in [-0.39, 0.29) is 11.9 Å². The van der Waals surface area contributed by atoms with Crippen LogP contribution in [0.3, 0.4) is 0 Å². The molecule has 2 aliphatic rings. The van der Waals surface area contributed by atoms with Crippen molar-refractivity contribution >= 4 is 5.91 Å². The molecule has 0 radical (unpaired) electrons. The highest BCUT2D eigenvalue weighted by Gasteiger charge is 2.21. The second kappa shape index (κ2) is 8.63. The zero-order valence-electron chi connectivity index (χ0n) is 12.9. The van der Waals surface area contributed by atoms with Crippen molar-refractivity contribution in [3.05, 3.63) is 0 Å². The average molecular weight is 282 g/mol. The molecule has 0 aromatic heterocycles. The summed E-state index contributed by atoms with van der Waals surface area (Å²) in [6.07, 6.45) is 10.4. The maximum atomic E-state index is 12.2. The van der Waals surface area contributed by atoms with Gasteiger partial charge in [0.25, 0.3) is 0 Å². The molecule has 1 saturated heterocycles. The van der Waals surface area contributed by atoms with E-state index < -0.39 is 0 Å². The number of hydrogen-bond donors (Lipinski definition) is 1. The van der Waals surface area contributed by atoms with Crippen molar-refractivity contribution in [2.75, 3.05) is 26.2 Å². The van der Waals surface area contributed by atoms with Gasteiger partial charge in [-0.05, 0) is 39.0 Å². The molecule has 1 amide bonds. The van der Waals surface area contributed by atoms with E-state index in [0.29, 0.717) is 6.10 Å². The van der Waals surface area contributed by atoms with Gasteiger partial charge in [-0.15, -0.1) is 0 Å². The Morgan fingerprint density at radius 2 is 1.80 bits per heavy atom. The first kappa shape index (κ1) is 15.8. The SMILES string of the molecule is CC(NCCOC1CCCCC1)C(=O)N1CCCCC1. The average Bonchev–Trinajstić information content (AvgIpc) is 2.52.